The third-order valence-electron chi connectivity index (χ3n) is 2.67. The van der Waals surface area contributed by atoms with Crippen molar-refractivity contribution in [1.29, 1.82) is 0 Å². The second kappa shape index (κ2) is 5.39. The topological polar surface area (TPSA) is 105 Å². The van der Waals surface area contributed by atoms with E-state index in [-0.39, 0.29) is 17.1 Å². The Kier molecular flexibility index (Phi) is 3.98. The normalized spacial score (nSPS) is 12.0. The van der Waals surface area contributed by atoms with Crippen LogP contribution in [-0.4, -0.2) is 35.0 Å². The maximum absolute atomic E-state index is 12.4. The summed E-state index contributed by atoms with van der Waals surface area (Å²) in [4.78, 5) is 4.04. The van der Waals surface area contributed by atoms with E-state index in [4.69, 9.17) is 17.3 Å². The van der Waals surface area contributed by atoms with Gasteiger partial charge in [0.2, 0.25) is 10.0 Å². The molecule has 9 heteroatoms. The number of halogens is 1. The molecule has 0 fully saturated rings. The van der Waals surface area contributed by atoms with Gasteiger partial charge >= 0.3 is 0 Å². The number of H-pyrrole nitrogens is 1. The molecule has 0 unspecified atom stereocenters. The van der Waals surface area contributed by atoms with Crippen LogP contribution in [0.5, 0.6) is 0 Å². The summed E-state index contributed by atoms with van der Waals surface area (Å²) in [6.07, 6.45) is 0. The molecule has 0 aliphatic heterocycles. The monoisotopic (exact) mass is 315 g/mol. The van der Waals surface area contributed by atoms with Crippen LogP contribution in [0.25, 0.3) is 0 Å². The summed E-state index contributed by atoms with van der Waals surface area (Å²) in [6.45, 7) is 1.78. The smallest absolute Gasteiger partial charge is 0.245 e. The number of anilines is 1. The first kappa shape index (κ1) is 14.8. The van der Waals surface area contributed by atoms with Crippen LogP contribution in [0, 0.1) is 6.92 Å². The lowest BCUT2D eigenvalue weighted by Crippen LogP contribution is -2.27. The number of hydrogen-bond acceptors (Lipinski definition) is 5. The molecule has 3 N–H and O–H groups in total. The van der Waals surface area contributed by atoms with E-state index in [2.05, 4.69) is 15.2 Å². The predicted octanol–water partition coefficient (Wildman–Crippen LogP) is 1.17. The van der Waals surface area contributed by atoms with Gasteiger partial charge in [-0.2, -0.15) is 9.40 Å². The van der Waals surface area contributed by atoms with Crippen molar-refractivity contribution in [3.63, 3.8) is 0 Å². The van der Waals surface area contributed by atoms with Gasteiger partial charge in [-0.3, -0.25) is 5.10 Å². The van der Waals surface area contributed by atoms with E-state index in [1.165, 1.54) is 25.2 Å². The number of benzene rings is 1. The van der Waals surface area contributed by atoms with E-state index in [1.807, 2.05) is 0 Å². The van der Waals surface area contributed by atoms with Gasteiger partial charge in [-0.1, -0.05) is 11.6 Å². The average Bonchev–Trinajstić information content (AvgIpc) is 2.77. The van der Waals surface area contributed by atoms with Gasteiger partial charge in [0.25, 0.3) is 0 Å². The van der Waals surface area contributed by atoms with Crippen LogP contribution in [0.1, 0.15) is 11.6 Å². The number of nitrogens with zero attached hydrogens (tertiary/aromatic N) is 3. The summed E-state index contributed by atoms with van der Waals surface area (Å²) in [5, 5.41) is 6.87. The zero-order valence-electron chi connectivity index (χ0n) is 11.0. The second-order valence-corrected chi connectivity index (χ2v) is 6.73. The number of nitrogen functional groups attached to an aromatic ring is 1. The molecular formula is C11H14ClN5O2S. The molecule has 0 aliphatic rings. The average molecular weight is 316 g/mol. The predicted molar refractivity (Wildman–Crippen MR) is 75.6 cm³/mol. The molecule has 1 aromatic heterocycles. The summed E-state index contributed by atoms with van der Waals surface area (Å²) in [6, 6.07) is 4.32. The van der Waals surface area contributed by atoms with E-state index in [1.54, 1.807) is 6.92 Å². The molecule has 0 amide bonds. The van der Waals surface area contributed by atoms with Crippen LogP contribution >= 0.6 is 11.6 Å². The van der Waals surface area contributed by atoms with Crippen molar-refractivity contribution in [3.05, 3.63) is 34.9 Å². The number of nitrogens with one attached hydrogen (secondary N) is 1. The standard InChI is InChI=1S/C11H14ClN5O2S/c1-7-14-11(16-15-7)6-17(2)20(18,19)10-5-8(12)3-4-9(10)13/h3-5H,6,13H2,1-2H3,(H,14,15,16). The van der Waals surface area contributed by atoms with Crippen LogP contribution in [0.3, 0.4) is 0 Å². The van der Waals surface area contributed by atoms with Crippen molar-refractivity contribution in [3.8, 4) is 0 Å². The molecular weight excluding hydrogens is 302 g/mol. The first-order valence-corrected chi connectivity index (χ1v) is 7.52. The van der Waals surface area contributed by atoms with Gasteiger partial charge in [0.1, 0.15) is 10.7 Å². The van der Waals surface area contributed by atoms with Crippen LogP contribution in [0.15, 0.2) is 23.1 Å². The number of hydrogen-bond donors (Lipinski definition) is 2. The highest BCUT2D eigenvalue weighted by atomic mass is 35.5. The van der Waals surface area contributed by atoms with Gasteiger partial charge in [-0.25, -0.2) is 13.4 Å². The molecule has 0 aliphatic carbocycles. The molecule has 20 heavy (non-hydrogen) atoms. The molecule has 0 saturated heterocycles. The van der Waals surface area contributed by atoms with Crippen LogP contribution in [0.2, 0.25) is 5.02 Å². The molecule has 0 bridgehead atoms. The highest BCUT2D eigenvalue weighted by Gasteiger charge is 2.24. The van der Waals surface area contributed by atoms with Crippen molar-refractivity contribution in [2.24, 2.45) is 0 Å². The number of aryl methyl sites for hydroxylation is 1. The molecule has 0 atom stereocenters. The van der Waals surface area contributed by atoms with Gasteiger partial charge in [0.05, 0.1) is 12.2 Å². The Labute approximate surface area is 121 Å². The number of aromatic nitrogens is 3. The summed E-state index contributed by atoms with van der Waals surface area (Å²) in [5.41, 5.74) is 5.85. The molecule has 2 rings (SSSR count). The number of aromatic amines is 1. The van der Waals surface area contributed by atoms with E-state index in [0.717, 1.165) is 4.31 Å². The highest BCUT2D eigenvalue weighted by Crippen LogP contribution is 2.25. The van der Waals surface area contributed by atoms with Crippen LogP contribution < -0.4 is 5.73 Å². The minimum atomic E-state index is -3.75. The fraction of sp³-hybridized carbons (Fsp3) is 0.273. The van der Waals surface area contributed by atoms with Gasteiger partial charge in [-0.05, 0) is 25.1 Å². The van der Waals surface area contributed by atoms with Crippen LogP contribution in [-0.2, 0) is 16.6 Å². The molecule has 108 valence electrons. The van der Waals surface area contributed by atoms with E-state index in [0.29, 0.717) is 16.7 Å². The van der Waals surface area contributed by atoms with Crippen molar-refractivity contribution >= 4 is 27.3 Å². The first-order chi connectivity index (χ1) is 9.30. The van der Waals surface area contributed by atoms with Crippen molar-refractivity contribution in [1.82, 2.24) is 19.5 Å². The highest BCUT2D eigenvalue weighted by molar-refractivity contribution is 7.89. The Hall–Kier alpha value is -1.64. The Bertz CT molecular complexity index is 728. The fourth-order valence-electron chi connectivity index (χ4n) is 1.64. The first-order valence-electron chi connectivity index (χ1n) is 5.70. The van der Waals surface area contributed by atoms with E-state index >= 15 is 0 Å². The molecule has 1 heterocycles. The largest absolute Gasteiger partial charge is 0.398 e. The van der Waals surface area contributed by atoms with Gasteiger partial charge in [-0.15, -0.1) is 0 Å². The maximum Gasteiger partial charge on any atom is 0.245 e. The lowest BCUT2D eigenvalue weighted by Gasteiger charge is -2.17. The van der Waals surface area contributed by atoms with E-state index < -0.39 is 10.0 Å². The summed E-state index contributed by atoms with van der Waals surface area (Å²) >= 11 is 5.82. The minimum absolute atomic E-state index is 0.0280. The van der Waals surface area contributed by atoms with Gasteiger partial charge < -0.3 is 5.73 Å². The van der Waals surface area contributed by atoms with Gasteiger partial charge in [0, 0.05) is 12.1 Å². The quantitative estimate of drug-likeness (QED) is 0.824. The maximum atomic E-state index is 12.4. The molecule has 0 spiro atoms. The summed E-state index contributed by atoms with van der Waals surface area (Å²) in [7, 11) is -2.32. The Morgan fingerprint density at radius 3 is 2.75 bits per heavy atom. The SMILES string of the molecule is Cc1nc(CN(C)S(=O)(=O)c2cc(Cl)ccc2N)n[nH]1. The van der Waals surface area contributed by atoms with Gasteiger partial charge in [0.15, 0.2) is 5.82 Å². The second-order valence-electron chi connectivity index (χ2n) is 4.28. The molecule has 0 saturated carbocycles. The lowest BCUT2D eigenvalue weighted by molar-refractivity contribution is 0.457. The number of rotatable bonds is 4. The Balaban J connectivity index is 2.32. The number of nitrogens with two attached hydrogens (primary N) is 1. The molecule has 2 aromatic rings. The number of sulfonamides is 1. The Morgan fingerprint density at radius 1 is 1.45 bits per heavy atom. The third-order valence-corrected chi connectivity index (χ3v) is 4.77. The van der Waals surface area contributed by atoms with Crippen LogP contribution in [0.4, 0.5) is 5.69 Å². The molecule has 1 aromatic carbocycles. The molecule has 0 radical (unpaired) electrons. The summed E-state index contributed by atoms with van der Waals surface area (Å²) in [5.74, 6) is 1.00. The fourth-order valence-corrected chi connectivity index (χ4v) is 3.14. The van der Waals surface area contributed by atoms with Crippen molar-refractivity contribution in [2.75, 3.05) is 12.8 Å². The lowest BCUT2D eigenvalue weighted by atomic mass is 10.3. The Morgan fingerprint density at radius 2 is 2.15 bits per heavy atom. The van der Waals surface area contributed by atoms with Crippen molar-refractivity contribution in [2.45, 2.75) is 18.4 Å². The van der Waals surface area contributed by atoms with Crippen molar-refractivity contribution < 1.29 is 8.42 Å². The van der Waals surface area contributed by atoms with E-state index in [9.17, 15) is 8.42 Å². The zero-order valence-corrected chi connectivity index (χ0v) is 12.5. The zero-order chi connectivity index (χ0) is 14.9. The minimum Gasteiger partial charge on any atom is -0.398 e. The third kappa shape index (κ3) is 2.92. The summed E-state index contributed by atoms with van der Waals surface area (Å²) < 4.78 is 26.0. The molecule has 7 nitrogen and oxygen atoms in total.